The smallest absolute Gasteiger partial charge is 0.170 e. The Kier molecular flexibility index (Phi) is 4.87. The number of carbonyl (C=O) groups is 1. The van der Waals surface area contributed by atoms with Crippen LogP contribution in [0, 0.1) is 0 Å². The Labute approximate surface area is 118 Å². The molecule has 0 N–H and O–H groups in total. The second-order valence-corrected chi connectivity index (χ2v) is 4.63. The van der Waals surface area contributed by atoms with Crippen LogP contribution in [0.3, 0.4) is 0 Å². The molecule has 5 nitrogen and oxygen atoms in total. The van der Waals surface area contributed by atoms with Gasteiger partial charge in [-0.25, -0.2) is 4.98 Å². The van der Waals surface area contributed by atoms with Crippen LogP contribution < -0.4 is 4.74 Å². The highest BCUT2D eigenvalue weighted by Crippen LogP contribution is 2.14. The maximum atomic E-state index is 12.1. The van der Waals surface area contributed by atoms with E-state index in [1.807, 2.05) is 12.1 Å². The Morgan fingerprint density at radius 1 is 1.30 bits per heavy atom. The first-order valence-electron chi connectivity index (χ1n) is 6.79. The summed E-state index contributed by atoms with van der Waals surface area (Å²) < 4.78 is 7.18. The molecule has 0 aliphatic heterocycles. The molecule has 0 amide bonds. The normalized spacial score (nSPS) is 10.5. The van der Waals surface area contributed by atoms with Gasteiger partial charge in [0.15, 0.2) is 5.78 Å². The molecule has 0 saturated heterocycles. The number of rotatable bonds is 7. The maximum absolute atomic E-state index is 12.1. The molecule has 106 valence electrons. The highest BCUT2D eigenvalue weighted by atomic mass is 16.5. The molecule has 0 radical (unpaired) electrons. The van der Waals surface area contributed by atoms with Crippen LogP contribution in [0.4, 0.5) is 0 Å². The molecule has 5 heteroatoms. The first kappa shape index (κ1) is 14.2. The van der Waals surface area contributed by atoms with Gasteiger partial charge in [0.25, 0.3) is 0 Å². The second kappa shape index (κ2) is 6.84. The van der Waals surface area contributed by atoms with Gasteiger partial charge in [0.1, 0.15) is 17.9 Å². The summed E-state index contributed by atoms with van der Waals surface area (Å²) in [7, 11) is 1.78. The Balaban J connectivity index is 1.95. The highest BCUT2D eigenvalue weighted by Gasteiger charge is 2.10. The van der Waals surface area contributed by atoms with Gasteiger partial charge in [-0.3, -0.25) is 9.48 Å². The van der Waals surface area contributed by atoms with Crippen molar-refractivity contribution in [3.63, 3.8) is 0 Å². The minimum absolute atomic E-state index is 0.0289. The lowest BCUT2D eigenvalue weighted by Gasteiger charge is -2.06. The van der Waals surface area contributed by atoms with Gasteiger partial charge in [-0.15, -0.1) is 0 Å². The fourth-order valence-corrected chi connectivity index (χ4v) is 1.80. The van der Waals surface area contributed by atoms with Crippen molar-refractivity contribution < 1.29 is 9.53 Å². The molecule has 1 aromatic carbocycles. The second-order valence-electron chi connectivity index (χ2n) is 4.63. The molecule has 0 bridgehead atoms. The van der Waals surface area contributed by atoms with E-state index in [1.54, 1.807) is 23.9 Å². The van der Waals surface area contributed by atoms with E-state index >= 15 is 0 Å². The van der Waals surface area contributed by atoms with Gasteiger partial charge in [0.2, 0.25) is 0 Å². The van der Waals surface area contributed by atoms with Gasteiger partial charge in [0.05, 0.1) is 13.0 Å². The molecule has 2 rings (SSSR count). The predicted molar refractivity (Wildman–Crippen MR) is 75.9 cm³/mol. The van der Waals surface area contributed by atoms with Gasteiger partial charge in [-0.05, 0) is 30.7 Å². The molecule has 0 saturated carbocycles. The molecule has 0 fully saturated rings. The minimum Gasteiger partial charge on any atom is -0.494 e. The number of nitrogens with zero attached hydrogens (tertiary/aromatic N) is 3. The van der Waals surface area contributed by atoms with Crippen molar-refractivity contribution in [3.8, 4) is 5.75 Å². The number of aromatic nitrogens is 3. The summed E-state index contributed by atoms with van der Waals surface area (Å²) in [5.41, 5.74) is 0.663. The van der Waals surface area contributed by atoms with Crippen molar-refractivity contribution >= 4 is 5.78 Å². The molecule has 0 spiro atoms. The van der Waals surface area contributed by atoms with Gasteiger partial charge in [0, 0.05) is 12.6 Å². The highest BCUT2D eigenvalue weighted by molar-refractivity contribution is 5.97. The third kappa shape index (κ3) is 3.66. The lowest BCUT2D eigenvalue weighted by molar-refractivity contribution is 0.0989. The van der Waals surface area contributed by atoms with Crippen molar-refractivity contribution in [1.82, 2.24) is 14.8 Å². The number of benzene rings is 1. The number of ether oxygens (including phenoxy) is 1. The average molecular weight is 273 g/mol. The zero-order valence-corrected chi connectivity index (χ0v) is 11.9. The van der Waals surface area contributed by atoms with Gasteiger partial charge in [-0.1, -0.05) is 13.3 Å². The fourth-order valence-electron chi connectivity index (χ4n) is 1.80. The summed E-state index contributed by atoms with van der Waals surface area (Å²) in [5.74, 6) is 1.49. The molecule has 0 atom stereocenters. The monoisotopic (exact) mass is 273 g/mol. The van der Waals surface area contributed by atoms with Gasteiger partial charge >= 0.3 is 0 Å². The lowest BCUT2D eigenvalue weighted by Crippen LogP contribution is -2.09. The van der Waals surface area contributed by atoms with Crippen LogP contribution in [0.25, 0.3) is 0 Å². The van der Waals surface area contributed by atoms with Crippen molar-refractivity contribution in [3.05, 3.63) is 42.0 Å². The van der Waals surface area contributed by atoms with Crippen LogP contribution in [-0.2, 0) is 13.5 Å². The molecule has 1 aromatic heterocycles. The van der Waals surface area contributed by atoms with E-state index in [9.17, 15) is 4.79 Å². The number of carbonyl (C=O) groups excluding carboxylic acids is 1. The summed E-state index contributed by atoms with van der Waals surface area (Å²) in [5, 5.41) is 3.95. The molecule has 0 unspecified atom stereocenters. The SMILES string of the molecule is CCCCOc1ccc(C(=O)Cc2ncnn2C)cc1. The Hall–Kier alpha value is -2.17. The average Bonchev–Trinajstić information content (AvgIpc) is 2.85. The molecule has 2 aromatic rings. The van der Waals surface area contributed by atoms with Gasteiger partial charge in [-0.2, -0.15) is 5.10 Å². The zero-order chi connectivity index (χ0) is 14.4. The van der Waals surface area contributed by atoms with Crippen molar-refractivity contribution in [2.24, 2.45) is 7.05 Å². The third-order valence-corrected chi connectivity index (χ3v) is 3.07. The minimum atomic E-state index is 0.0289. The van der Waals surface area contributed by atoms with Crippen LogP contribution in [0.15, 0.2) is 30.6 Å². The van der Waals surface area contributed by atoms with Crippen LogP contribution in [-0.4, -0.2) is 27.2 Å². The van der Waals surface area contributed by atoms with Crippen molar-refractivity contribution in [2.45, 2.75) is 26.2 Å². The van der Waals surface area contributed by atoms with E-state index in [-0.39, 0.29) is 12.2 Å². The van der Waals surface area contributed by atoms with E-state index in [0.717, 1.165) is 18.6 Å². The van der Waals surface area contributed by atoms with E-state index in [4.69, 9.17) is 4.74 Å². The van der Waals surface area contributed by atoms with Crippen LogP contribution in [0.1, 0.15) is 35.9 Å². The summed E-state index contributed by atoms with van der Waals surface area (Å²) in [6.45, 7) is 2.83. The van der Waals surface area contributed by atoms with Crippen LogP contribution >= 0.6 is 0 Å². The lowest BCUT2D eigenvalue weighted by atomic mass is 10.1. The molecule has 0 aliphatic carbocycles. The quantitative estimate of drug-likeness (QED) is 0.574. The number of unbranched alkanes of at least 4 members (excludes halogenated alkanes) is 1. The fraction of sp³-hybridized carbons (Fsp3) is 0.400. The predicted octanol–water partition coefficient (Wildman–Crippen LogP) is 2.42. The zero-order valence-electron chi connectivity index (χ0n) is 11.9. The maximum Gasteiger partial charge on any atom is 0.170 e. The summed E-state index contributed by atoms with van der Waals surface area (Å²) >= 11 is 0. The number of aryl methyl sites for hydroxylation is 1. The van der Waals surface area contributed by atoms with E-state index in [2.05, 4.69) is 17.0 Å². The summed E-state index contributed by atoms with van der Waals surface area (Å²) in [6.07, 6.45) is 3.85. The molecule has 20 heavy (non-hydrogen) atoms. The molecule has 1 heterocycles. The molecule has 0 aliphatic rings. The third-order valence-electron chi connectivity index (χ3n) is 3.07. The Bertz CT molecular complexity index is 561. The van der Waals surface area contributed by atoms with E-state index in [1.165, 1.54) is 6.33 Å². The van der Waals surface area contributed by atoms with E-state index in [0.29, 0.717) is 18.0 Å². The number of Topliss-reactive ketones (excluding diaryl/α,β-unsaturated/α-hetero) is 1. The van der Waals surface area contributed by atoms with Crippen molar-refractivity contribution in [2.75, 3.05) is 6.61 Å². The van der Waals surface area contributed by atoms with Crippen LogP contribution in [0.2, 0.25) is 0 Å². The number of hydrogen-bond donors (Lipinski definition) is 0. The molecular formula is C15H19N3O2. The number of ketones is 1. The Morgan fingerprint density at radius 3 is 2.65 bits per heavy atom. The summed E-state index contributed by atoms with van der Waals surface area (Å²) in [6, 6.07) is 7.25. The van der Waals surface area contributed by atoms with Crippen LogP contribution in [0.5, 0.6) is 5.75 Å². The standard InChI is InChI=1S/C15H19N3O2/c1-3-4-9-20-13-7-5-12(6-8-13)14(19)10-15-16-11-17-18(15)2/h5-8,11H,3-4,9-10H2,1-2H3. The largest absolute Gasteiger partial charge is 0.494 e. The first-order valence-corrected chi connectivity index (χ1v) is 6.79. The van der Waals surface area contributed by atoms with Crippen molar-refractivity contribution in [1.29, 1.82) is 0 Å². The van der Waals surface area contributed by atoms with Gasteiger partial charge < -0.3 is 4.74 Å². The first-order chi connectivity index (χ1) is 9.70. The number of hydrogen-bond acceptors (Lipinski definition) is 4. The van der Waals surface area contributed by atoms with E-state index < -0.39 is 0 Å². The Morgan fingerprint density at radius 2 is 2.05 bits per heavy atom. The topological polar surface area (TPSA) is 57.0 Å². The summed E-state index contributed by atoms with van der Waals surface area (Å²) in [4.78, 5) is 16.2. The molecular weight excluding hydrogens is 254 g/mol.